The van der Waals surface area contributed by atoms with E-state index in [0.29, 0.717) is 19.8 Å². The van der Waals surface area contributed by atoms with E-state index in [1.165, 1.54) is 6.42 Å². The van der Waals surface area contributed by atoms with Crippen LogP contribution < -0.4 is 56.5 Å². The summed E-state index contributed by atoms with van der Waals surface area (Å²) in [4.78, 5) is 13.5. The van der Waals surface area contributed by atoms with E-state index >= 15 is 0 Å². The van der Waals surface area contributed by atoms with Crippen LogP contribution in [0, 0.1) is 0 Å². The van der Waals surface area contributed by atoms with Crippen LogP contribution in [0.5, 0.6) is 0 Å². The monoisotopic (exact) mass is 483 g/mol. The molecule has 32 heavy (non-hydrogen) atoms. The molecule has 1 heterocycles. The summed E-state index contributed by atoms with van der Waals surface area (Å²) in [6.45, 7) is 18.4. The van der Waals surface area contributed by atoms with Gasteiger partial charge in [-0.05, 0) is 39.3 Å². The fraction of sp³-hybridized carbons (Fsp3) is 0.792. The van der Waals surface area contributed by atoms with Gasteiger partial charge in [0.2, 0.25) is 5.91 Å². The Morgan fingerprint density at radius 1 is 1.28 bits per heavy atom. The van der Waals surface area contributed by atoms with Crippen LogP contribution in [0.15, 0.2) is 23.9 Å². The summed E-state index contributed by atoms with van der Waals surface area (Å²) in [7, 11) is 0. The third kappa shape index (κ3) is 30.4. The van der Waals surface area contributed by atoms with E-state index in [-0.39, 0.29) is 63.9 Å². The average molecular weight is 484 g/mol. The van der Waals surface area contributed by atoms with Crippen molar-refractivity contribution in [2.45, 2.75) is 99.5 Å². The van der Waals surface area contributed by atoms with Crippen LogP contribution >= 0.6 is 0 Å². The van der Waals surface area contributed by atoms with Crippen molar-refractivity contribution in [1.82, 2.24) is 4.90 Å². The van der Waals surface area contributed by atoms with Crippen LogP contribution in [0.3, 0.4) is 0 Å². The van der Waals surface area contributed by atoms with E-state index in [1.807, 2.05) is 26.0 Å². The smallest absolute Gasteiger partial charge is 0.850 e. The average Bonchev–Trinajstić information content (AvgIpc) is 2.77. The number of aliphatic hydroxyl groups excluding tert-OH is 1. The van der Waals surface area contributed by atoms with Crippen LogP contribution in [0.4, 0.5) is 0 Å². The summed E-state index contributed by atoms with van der Waals surface area (Å²) >= 11 is 0. The summed E-state index contributed by atoms with van der Waals surface area (Å²) in [5.74, 6) is -0.167. The Balaban J connectivity index is -0.000000216. The van der Waals surface area contributed by atoms with Crippen LogP contribution in [0.1, 0.15) is 81.6 Å². The predicted molar refractivity (Wildman–Crippen MR) is 127 cm³/mol. The number of carbonyl (C=O) groups is 1. The second-order valence-corrected chi connectivity index (χ2v) is 7.90. The van der Waals surface area contributed by atoms with Gasteiger partial charge in [-0.15, -0.1) is 5.60 Å². The minimum Gasteiger partial charge on any atom is -0.850 e. The van der Waals surface area contributed by atoms with Gasteiger partial charge in [-0.3, -0.25) is 4.79 Å². The molecule has 0 aliphatic carbocycles. The van der Waals surface area contributed by atoms with E-state index in [9.17, 15) is 9.90 Å². The first kappa shape index (κ1) is 39.6. The summed E-state index contributed by atoms with van der Waals surface area (Å²) in [6.07, 6.45) is 8.74. The normalized spacial score (nSPS) is 18.2. The molecule has 0 aromatic carbocycles. The van der Waals surface area contributed by atoms with E-state index in [4.69, 9.17) is 15.6 Å². The van der Waals surface area contributed by atoms with Gasteiger partial charge in [-0.25, -0.2) is 0 Å². The molecule has 2 unspecified atom stereocenters. The van der Waals surface area contributed by atoms with Crippen molar-refractivity contribution in [3.05, 3.63) is 29.7 Å². The Morgan fingerprint density at radius 2 is 1.78 bits per heavy atom. The zero-order valence-corrected chi connectivity index (χ0v) is 25.5. The molecule has 0 bridgehead atoms. The first-order chi connectivity index (χ1) is 14.4. The quantitative estimate of drug-likeness (QED) is 0.455. The number of hydrogen-bond donors (Lipinski definition) is 1. The van der Waals surface area contributed by atoms with Crippen LogP contribution in [-0.2, 0) is 14.3 Å². The molecular weight excluding hydrogens is 435 g/mol. The number of amides is 1. The van der Waals surface area contributed by atoms with E-state index < -0.39 is 17.9 Å². The number of allylic oxidation sites excluding steroid dienone is 3. The van der Waals surface area contributed by atoms with Crippen LogP contribution in [0.2, 0.25) is 0 Å². The molecule has 7 nitrogen and oxygen atoms in total. The van der Waals surface area contributed by atoms with Gasteiger partial charge in [-0.1, -0.05) is 66.5 Å². The minimum absolute atomic E-state index is 0. The molecule has 8 heteroatoms. The third-order valence-corrected chi connectivity index (χ3v) is 3.05. The standard InChI is InChI=1S/C13H21N2O2.C4H10O2.C4H9O.C3H8.K/c1-3-5-6-7-8-11-9-17-10-12(14)13(16)15(11)4-2;1-3-6-4(2)5;1-4(2,3)5;1-3-2;/h6-8,12,14H,3-5,9-10H2,1-2H3;4-5H,3H2,1-2H3;1-3H3;3H2,1-2H3;/q-1;;-1;;+1/b7-6-,11-8+;;;;. The molecular formula is C24H48KN2O5-. The van der Waals surface area contributed by atoms with Crippen molar-refractivity contribution in [2.75, 3.05) is 26.4 Å². The minimum atomic E-state index is -0.791. The maximum atomic E-state index is 11.9. The molecule has 0 aromatic rings. The van der Waals surface area contributed by atoms with Gasteiger partial charge in [0.05, 0.1) is 6.61 Å². The second-order valence-electron chi connectivity index (χ2n) is 7.90. The molecule has 2 N–H and O–H groups in total. The maximum absolute atomic E-state index is 11.9. The SMILES string of the molecule is CC(C)(C)[O-].CCC.CCC/C=C\C=C1/COCC([NH-])C(=O)N1CC.CCOC(C)O.[K+]. The van der Waals surface area contributed by atoms with Crippen molar-refractivity contribution in [2.24, 2.45) is 0 Å². The Kier molecular flexibility index (Phi) is 32.2. The molecule has 1 amide bonds. The van der Waals surface area contributed by atoms with Crippen LogP contribution in [-0.4, -0.2) is 60.2 Å². The van der Waals surface area contributed by atoms with Gasteiger partial charge in [0.15, 0.2) is 6.29 Å². The maximum Gasteiger partial charge on any atom is 1.00 e. The molecule has 0 saturated carbocycles. The number of hydrogen-bond acceptors (Lipinski definition) is 5. The molecule has 186 valence electrons. The fourth-order valence-electron chi connectivity index (χ4n) is 1.94. The van der Waals surface area contributed by atoms with Gasteiger partial charge in [-0.2, -0.15) is 0 Å². The number of carbonyl (C=O) groups excluding carboxylic acids is 1. The van der Waals surface area contributed by atoms with Crippen molar-refractivity contribution in [3.63, 3.8) is 0 Å². The van der Waals surface area contributed by atoms with Gasteiger partial charge in [0, 0.05) is 25.5 Å². The van der Waals surface area contributed by atoms with E-state index in [0.717, 1.165) is 18.5 Å². The summed E-state index contributed by atoms with van der Waals surface area (Å²) in [5.41, 5.74) is 7.72. The van der Waals surface area contributed by atoms with E-state index in [2.05, 4.69) is 31.6 Å². The van der Waals surface area contributed by atoms with Crippen molar-refractivity contribution >= 4 is 5.91 Å². The van der Waals surface area contributed by atoms with Gasteiger partial charge in [0.25, 0.3) is 0 Å². The first-order valence-electron chi connectivity index (χ1n) is 11.3. The molecule has 1 aliphatic rings. The molecule has 1 aliphatic heterocycles. The number of aliphatic hydroxyl groups is 1. The largest absolute Gasteiger partial charge is 1.00 e. The fourth-order valence-corrected chi connectivity index (χ4v) is 1.94. The second kappa shape index (κ2) is 26.0. The molecule has 1 saturated heterocycles. The molecule has 0 radical (unpaired) electrons. The molecule has 0 aromatic heterocycles. The topological polar surface area (TPSA) is 106 Å². The number of ether oxygens (including phenoxy) is 2. The summed E-state index contributed by atoms with van der Waals surface area (Å²) < 4.78 is 9.92. The zero-order chi connectivity index (χ0) is 24.9. The molecule has 0 spiro atoms. The van der Waals surface area contributed by atoms with Crippen molar-refractivity contribution in [3.8, 4) is 0 Å². The Morgan fingerprint density at radius 3 is 2.12 bits per heavy atom. The van der Waals surface area contributed by atoms with Gasteiger partial charge >= 0.3 is 51.4 Å². The van der Waals surface area contributed by atoms with Crippen LogP contribution in [0.25, 0.3) is 5.73 Å². The summed E-state index contributed by atoms with van der Waals surface area (Å²) in [5, 5.41) is 18.4. The number of rotatable bonds is 6. The van der Waals surface area contributed by atoms with Crippen molar-refractivity contribution in [1.29, 1.82) is 0 Å². The van der Waals surface area contributed by atoms with Gasteiger partial charge < -0.3 is 30.3 Å². The Labute approximate surface area is 240 Å². The number of nitrogens with one attached hydrogen (secondary N) is 1. The van der Waals surface area contributed by atoms with Crippen molar-refractivity contribution < 1.29 is 75.9 Å². The zero-order valence-electron chi connectivity index (χ0n) is 22.4. The van der Waals surface area contributed by atoms with E-state index in [1.54, 1.807) is 32.6 Å². The Bertz CT molecular complexity index is 472. The third-order valence-electron chi connectivity index (χ3n) is 3.05. The molecule has 2 atom stereocenters. The van der Waals surface area contributed by atoms with Gasteiger partial charge in [0.1, 0.15) is 0 Å². The first-order valence-corrected chi connectivity index (χ1v) is 11.3. The number of likely N-dealkylation sites (N-methyl/N-ethyl adjacent to an activating group) is 1. The summed E-state index contributed by atoms with van der Waals surface area (Å²) in [6, 6.07) is -0.791. The molecule has 1 fully saturated rings. The number of nitrogens with zero attached hydrogens (tertiary/aromatic N) is 1. The molecule has 1 rings (SSSR count). The number of unbranched alkanes of at least 4 members (excludes halogenated alkanes) is 1. The Hall–Kier alpha value is 0.386. The predicted octanol–water partition coefficient (Wildman–Crippen LogP) is 1.45.